The molecule has 1 amide bonds. The van der Waals surface area contributed by atoms with Crippen molar-refractivity contribution in [3.05, 3.63) is 12.2 Å². The van der Waals surface area contributed by atoms with Crippen LogP contribution in [0.3, 0.4) is 0 Å². The van der Waals surface area contributed by atoms with E-state index in [1.807, 2.05) is 6.08 Å². The third-order valence-corrected chi connectivity index (χ3v) is 3.41. The fraction of sp³-hybridized carbons (Fsp3) is 0.667. The molecule has 4 atom stereocenters. The first-order chi connectivity index (χ1) is 8.60. The van der Waals surface area contributed by atoms with Gasteiger partial charge in [-0.05, 0) is 25.2 Å². The second-order valence-corrected chi connectivity index (χ2v) is 4.64. The number of fused-ring (bicyclic) bond motifs is 2. The van der Waals surface area contributed by atoms with Crippen molar-refractivity contribution >= 4 is 12.1 Å². The van der Waals surface area contributed by atoms with Gasteiger partial charge in [-0.2, -0.15) is 0 Å². The Labute approximate surface area is 105 Å². The molecule has 2 aliphatic heterocycles. The van der Waals surface area contributed by atoms with Crippen molar-refractivity contribution in [1.29, 1.82) is 0 Å². The van der Waals surface area contributed by atoms with Gasteiger partial charge in [0.15, 0.2) is 0 Å². The average Bonchev–Trinajstić information content (AvgIpc) is 2.34. The van der Waals surface area contributed by atoms with Gasteiger partial charge in [-0.15, -0.1) is 0 Å². The predicted molar refractivity (Wildman–Crippen MR) is 62.1 cm³/mol. The maximum Gasteiger partial charge on any atom is 0.407 e. The zero-order valence-corrected chi connectivity index (χ0v) is 10.2. The Balaban J connectivity index is 2.05. The fourth-order valence-electron chi connectivity index (χ4n) is 2.59. The molecule has 2 heterocycles. The van der Waals surface area contributed by atoms with Gasteiger partial charge in [-0.3, -0.25) is 0 Å². The molecular formula is C12H17NO5. The van der Waals surface area contributed by atoms with E-state index >= 15 is 0 Å². The molecule has 2 aliphatic rings. The number of carboxylic acid groups (broad SMARTS) is 1. The number of carbonyl (C=O) groups excluding carboxylic acids is 1. The molecule has 18 heavy (non-hydrogen) atoms. The molecule has 2 N–H and O–H groups in total. The summed E-state index contributed by atoms with van der Waals surface area (Å²) in [5.74, 6) is -1.16. The first kappa shape index (κ1) is 12.9. The van der Waals surface area contributed by atoms with Crippen molar-refractivity contribution in [3.63, 3.8) is 0 Å². The van der Waals surface area contributed by atoms with E-state index in [1.54, 1.807) is 0 Å². The van der Waals surface area contributed by atoms with E-state index in [0.29, 0.717) is 12.8 Å². The van der Waals surface area contributed by atoms with E-state index in [-0.39, 0.29) is 18.1 Å². The zero-order valence-electron chi connectivity index (χ0n) is 10.2. The number of methoxy groups -OCH3 is 1. The molecule has 6 heteroatoms. The number of nitrogens with one attached hydrogen (secondary N) is 1. The second-order valence-electron chi connectivity index (χ2n) is 4.64. The number of hydrogen-bond donors (Lipinski definition) is 2. The molecule has 0 aromatic heterocycles. The fourth-order valence-corrected chi connectivity index (χ4v) is 2.59. The second kappa shape index (κ2) is 5.39. The Hall–Kier alpha value is -1.56. The van der Waals surface area contributed by atoms with E-state index in [1.165, 1.54) is 7.11 Å². The zero-order chi connectivity index (χ0) is 13.1. The summed E-state index contributed by atoms with van der Waals surface area (Å²) in [6.45, 7) is 0. The molecule has 1 saturated heterocycles. The van der Waals surface area contributed by atoms with Crippen LogP contribution in [0.2, 0.25) is 0 Å². The van der Waals surface area contributed by atoms with Crippen LogP contribution < -0.4 is 5.32 Å². The number of ether oxygens (including phenoxy) is 2. The van der Waals surface area contributed by atoms with E-state index in [2.05, 4.69) is 16.1 Å². The smallest absolute Gasteiger partial charge is 0.407 e. The van der Waals surface area contributed by atoms with Crippen LogP contribution in [-0.2, 0) is 14.3 Å². The van der Waals surface area contributed by atoms with Crippen LogP contribution in [0.4, 0.5) is 4.79 Å². The van der Waals surface area contributed by atoms with Gasteiger partial charge in [0, 0.05) is 0 Å². The van der Waals surface area contributed by atoms with Crippen LogP contribution >= 0.6 is 0 Å². The summed E-state index contributed by atoms with van der Waals surface area (Å²) < 4.78 is 10.1. The lowest BCUT2D eigenvalue weighted by Gasteiger charge is -2.38. The summed E-state index contributed by atoms with van der Waals surface area (Å²) in [6, 6.07) is -0.919. The number of carbonyl (C=O) groups is 2. The van der Waals surface area contributed by atoms with Crippen LogP contribution in [0.5, 0.6) is 0 Å². The van der Waals surface area contributed by atoms with Crippen molar-refractivity contribution in [2.24, 2.45) is 5.92 Å². The molecule has 2 rings (SSSR count). The lowest BCUT2D eigenvalue weighted by atomic mass is 9.82. The van der Waals surface area contributed by atoms with Crippen molar-refractivity contribution < 1.29 is 24.2 Å². The number of aliphatic carboxylic acids is 1. The molecule has 0 radical (unpaired) electrons. The number of amides is 1. The standard InChI is InChI=1S/C12H17NO5/c1-17-12(16)13-10(11(14)15)7-5-8-3-2-4-9(6-7)18-8/h2-3,7-10H,4-6H2,1H3,(H,13,16)(H,14,15)/t7?,8-,9?,10?/m1/s1. The molecular weight excluding hydrogens is 238 g/mol. The molecule has 1 fully saturated rings. The normalized spacial score (nSPS) is 31.5. The number of hydrogen-bond acceptors (Lipinski definition) is 4. The molecule has 0 spiro atoms. The van der Waals surface area contributed by atoms with Gasteiger partial charge in [0.05, 0.1) is 19.3 Å². The van der Waals surface area contributed by atoms with Gasteiger partial charge in [0.25, 0.3) is 0 Å². The average molecular weight is 255 g/mol. The minimum Gasteiger partial charge on any atom is -0.480 e. The highest BCUT2D eigenvalue weighted by Crippen LogP contribution is 2.32. The third kappa shape index (κ3) is 2.81. The van der Waals surface area contributed by atoms with Crippen LogP contribution in [0.15, 0.2) is 12.2 Å². The maximum atomic E-state index is 11.2. The highest BCUT2D eigenvalue weighted by Gasteiger charge is 2.38. The lowest BCUT2D eigenvalue weighted by Crippen LogP contribution is -2.50. The van der Waals surface area contributed by atoms with Gasteiger partial charge in [0.2, 0.25) is 0 Å². The predicted octanol–water partition coefficient (Wildman–Crippen LogP) is 0.919. The number of carboxylic acids is 1. The molecule has 0 aliphatic carbocycles. The Kier molecular flexibility index (Phi) is 3.86. The molecule has 100 valence electrons. The molecule has 3 unspecified atom stereocenters. The van der Waals surface area contributed by atoms with Gasteiger partial charge in [-0.25, -0.2) is 9.59 Å². The first-order valence-electron chi connectivity index (χ1n) is 5.99. The van der Waals surface area contributed by atoms with Gasteiger partial charge in [0.1, 0.15) is 6.04 Å². The molecule has 0 aromatic rings. The Morgan fingerprint density at radius 3 is 2.89 bits per heavy atom. The van der Waals surface area contributed by atoms with E-state index in [4.69, 9.17) is 4.74 Å². The Morgan fingerprint density at radius 1 is 1.50 bits per heavy atom. The summed E-state index contributed by atoms with van der Waals surface area (Å²) in [5, 5.41) is 11.6. The minimum absolute atomic E-state index is 0.0382. The third-order valence-electron chi connectivity index (χ3n) is 3.41. The van der Waals surface area contributed by atoms with E-state index < -0.39 is 18.1 Å². The molecule has 6 nitrogen and oxygen atoms in total. The lowest BCUT2D eigenvalue weighted by molar-refractivity contribution is -0.143. The van der Waals surface area contributed by atoms with Crippen LogP contribution in [0.1, 0.15) is 19.3 Å². The molecule has 0 aromatic carbocycles. The summed E-state index contributed by atoms with van der Waals surface area (Å²) in [4.78, 5) is 22.4. The molecule has 2 bridgehead atoms. The van der Waals surface area contributed by atoms with E-state index in [9.17, 15) is 14.7 Å². The first-order valence-corrected chi connectivity index (χ1v) is 5.99. The maximum absolute atomic E-state index is 11.2. The highest BCUT2D eigenvalue weighted by atomic mass is 16.5. The summed E-state index contributed by atoms with van der Waals surface area (Å²) in [7, 11) is 1.22. The van der Waals surface area contributed by atoms with Crippen LogP contribution in [0, 0.1) is 5.92 Å². The van der Waals surface area contributed by atoms with Crippen LogP contribution in [0.25, 0.3) is 0 Å². The summed E-state index contributed by atoms with van der Waals surface area (Å²) >= 11 is 0. The number of rotatable bonds is 3. The van der Waals surface area contributed by atoms with Gasteiger partial charge in [-0.1, -0.05) is 12.2 Å². The SMILES string of the molecule is COC(=O)NC(C(=O)O)C1CC2CC=C[C@H](C1)O2. The van der Waals surface area contributed by atoms with Crippen molar-refractivity contribution in [2.75, 3.05) is 7.11 Å². The topological polar surface area (TPSA) is 84.9 Å². The van der Waals surface area contributed by atoms with Gasteiger partial charge < -0.3 is 19.9 Å². The summed E-state index contributed by atoms with van der Waals surface area (Å²) in [6.07, 6.45) is 5.38. The van der Waals surface area contributed by atoms with Crippen LogP contribution in [-0.4, -0.2) is 42.5 Å². The Bertz CT molecular complexity index is 367. The quantitative estimate of drug-likeness (QED) is 0.732. The van der Waals surface area contributed by atoms with E-state index in [0.717, 1.165) is 6.42 Å². The monoisotopic (exact) mass is 255 g/mol. The number of alkyl carbamates (subject to hydrolysis) is 1. The summed E-state index contributed by atoms with van der Waals surface area (Å²) in [5.41, 5.74) is 0. The van der Waals surface area contributed by atoms with Crippen molar-refractivity contribution in [2.45, 2.75) is 37.5 Å². The van der Waals surface area contributed by atoms with Crippen molar-refractivity contribution in [3.8, 4) is 0 Å². The minimum atomic E-state index is -1.03. The largest absolute Gasteiger partial charge is 0.480 e. The molecule has 0 saturated carbocycles. The van der Waals surface area contributed by atoms with Crippen molar-refractivity contribution in [1.82, 2.24) is 5.32 Å². The highest BCUT2D eigenvalue weighted by molar-refractivity contribution is 5.80. The Morgan fingerprint density at radius 2 is 2.28 bits per heavy atom. The van der Waals surface area contributed by atoms with Gasteiger partial charge >= 0.3 is 12.1 Å².